The molecule has 88 valence electrons. The van der Waals surface area contributed by atoms with Gasteiger partial charge in [-0.2, -0.15) is 0 Å². The highest BCUT2D eigenvalue weighted by Crippen LogP contribution is 2.47. The fourth-order valence-corrected chi connectivity index (χ4v) is 2.87. The quantitative estimate of drug-likeness (QED) is 0.723. The summed E-state index contributed by atoms with van der Waals surface area (Å²) in [7, 11) is 2.24. The highest BCUT2D eigenvalue weighted by molar-refractivity contribution is 9.09. The Labute approximate surface area is 107 Å². The molecule has 1 aliphatic carbocycles. The van der Waals surface area contributed by atoms with E-state index < -0.39 is 0 Å². The summed E-state index contributed by atoms with van der Waals surface area (Å²) >= 11 is 3.63. The standard InChI is InChI=1S/C14H20BrN/c1-16(12-14(11-15)8-9-14)10-7-13-5-3-2-4-6-13/h2-6H,7-12H2,1H3. The molecule has 1 saturated carbocycles. The van der Waals surface area contributed by atoms with Crippen LogP contribution in [0.15, 0.2) is 30.3 Å². The molecular weight excluding hydrogens is 262 g/mol. The topological polar surface area (TPSA) is 3.24 Å². The van der Waals surface area contributed by atoms with E-state index in [0.29, 0.717) is 5.41 Å². The van der Waals surface area contributed by atoms with Crippen LogP contribution in [0.1, 0.15) is 18.4 Å². The van der Waals surface area contributed by atoms with Gasteiger partial charge in [-0.15, -0.1) is 0 Å². The SMILES string of the molecule is CN(CCc1ccccc1)CC1(CBr)CC1. The molecule has 0 amide bonds. The molecule has 0 saturated heterocycles. The Balaban J connectivity index is 1.74. The minimum absolute atomic E-state index is 0.603. The van der Waals surface area contributed by atoms with Gasteiger partial charge < -0.3 is 4.90 Å². The van der Waals surface area contributed by atoms with Crippen LogP contribution in [-0.2, 0) is 6.42 Å². The predicted molar refractivity (Wildman–Crippen MR) is 73.1 cm³/mol. The van der Waals surface area contributed by atoms with Crippen molar-refractivity contribution >= 4 is 15.9 Å². The zero-order valence-electron chi connectivity index (χ0n) is 9.95. The van der Waals surface area contributed by atoms with Crippen LogP contribution in [0.3, 0.4) is 0 Å². The molecule has 1 aromatic carbocycles. The van der Waals surface area contributed by atoms with Crippen LogP contribution in [0.5, 0.6) is 0 Å². The van der Waals surface area contributed by atoms with Crippen LogP contribution in [-0.4, -0.2) is 30.4 Å². The second-order valence-corrected chi connectivity index (χ2v) is 5.67. The first kappa shape index (κ1) is 12.1. The third kappa shape index (κ3) is 3.33. The van der Waals surface area contributed by atoms with E-state index in [2.05, 4.69) is 58.2 Å². The zero-order chi connectivity index (χ0) is 11.4. The molecule has 0 atom stereocenters. The molecule has 0 unspecified atom stereocenters. The Morgan fingerprint density at radius 1 is 1.25 bits per heavy atom. The highest BCUT2D eigenvalue weighted by atomic mass is 79.9. The number of benzene rings is 1. The van der Waals surface area contributed by atoms with Crippen molar-refractivity contribution in [3.63, 3.8) is 0 Å². The molecule has 1 nitrogen and oxygen atoms in total. The fraction of sp³-hybridized carbons (Fsp3) is 0.571. The number of nitrogens with zero attached hydrogens (tertiary/aromatic N) is 1. The molecule has 1 aliphatic rings. The molecule has 0 aliphatic heterocycles. The average Bonchev–Trinajstić information content (AvgIpc) is 3.08. The van der Waals surface area contributed by atoms with Gasteiger partial charge in [-0.25, -0.2) is 0 Å². The minimum atomic E-state index is 0.603. The molecule has 0 radical (unpaired) electrons. The number of alkyl halides is 1. The minimum Gasteiger partial charge on any atom is -0.305 e. The van der Waals surface area contributed by atoms with E-state index >= 15 is 0 Å². The Bertz CT molecular complexity index is 319. The maximum atomic E-state index is 3.63. The van der Waals surface area contributed by atoms with Crippen LogP contribution < -0.4 is 0 Å². The molecule has 2 rings (SSSR count). The fourth-order valence-electron chi connectivity index (χ4n) is 2.13. The summed E-state index contributed by atoms with van der Waals surface area (Å²) in [5.74, 6) is 0. The zero-order valence-corrected chi connectivity index (χ0v) is 11.5. The molecule has 0 heterocycles. The van der Waals surface area contributed by atoms with Gasteiger partial charge in [0, 0.05) is 18.4 Å². The molecule has 0 N–H and O–H groups in total. The summed E-state index contributed by atoms with van der Waals surface area (Å²) in [6, 6.07) is 10.8. The predicted octanol–water partition coefficient (Wildman–Crippen LogP) is 3.34. The van der Waals surface area contributed by atoms with Gasteiger partial charge in [0.05, 0.1) is 0 Å². The number of halogens is 1. The summed E-state index contributed by atoms with van der Waals surface area (Å²) in [5, 5.41) is 1.16. The van der Waals surface area contributed by atoms with Crippen molar-refractivity contribution in [1.29, 1.82) is 0 Å². The van der Waals surface area contributed by atoms with Crippen LogP contribution in [0.4, 0.5) is 0 Å². The molecule has 1 aromatic rings. The second-order valence-electron chi connectivity index (χ2n) is 5.11. The summed E-state index contributed by atoms with van der Waals surface area (Å²) in [4.78, 5) is 2.47. The lowest BCUT2D eigenvalue weighted by atomic mass is 10.1. The molecule has 0 spiro atoms. The molecule has 16 heavy (non-hydrogen) atoms. The average molecular weight is 282 g/mol. The normalized spacial score (nSPS) is 17.7. The third-order valence-electron chi connectivity index (χ3n) is 3.47. The van der Waals surface area contributed by atoms with Crippen molar-refractivity contribution < 1.29 is 0 Å². The summed E-state index contributed by atoms with van der Waals surface area (Å²) in [6.07, 6.45) is 3.96. The molecule has 0 aromatic heterocycles. The van der Waals surface area contributed by atoms with Crippen LogP contribution in [0.25, 0.3) is 0 Å². The van der Waals surface area contributed by atoms with Gasteiger partial charge in [0.2, 0.25) is 0 Å². The third-order valence-corrected chi connectivity index (χ3v) is 4.66. The van der Waals surface area contributed by atoms with Gasteiger partial charge >= 0.3 is 0 Å². The van der Waals surface area contributed by atoms with E-state index in [1.54, 1.807) is 0 Å². The van der Waals surface area contributed by atoms with Crippen molar-refractivity contribution in [2.45, 2.75) is 19.3 Å². The van der Waals surface area contributed by atoms with E-state index in [1.807, 2.05) is 0 Å². The van der Waals surface area contributed by atoms with Gasteiger partial charge in [-0.3, -0.25) is 0 Å². The molecule has 2 heteroatoms. The number of rotatable bonds is 6. The second kappa shape index (κ2) is 5.33. The Morgan fingerprint density at radius 3 is 2.50 bits per heavy atom. The molecular formula is C14H20BrN. The maximum absolute atomic E-state index is 3.63. The van der Waals surface area contributed by atoms with E-state index in [4.69, 9.17) is 0 Å². The van der Waals surface area contributed by atoms with Gasteiger partial charge in [-0.1, -0.05) is 46.3 Å². The lowest BCUT2D eigenvalue weighted by Gasteiger charge is -2.22. The Morgan fingerprint density at radius 2 is 1.94 bits per heavy atom. The lowest BCUT2D eigenvalue weighted by molar-refractivity contribution is 0.281. The van der Waals surface area contributed by atoms with E-state index in [9.17, 15) is 0 Å². The van der Waals surface area contributed by atoms with Gasteiger partial charge in [0.25, 0.3) is 0 Å². The Kier molecular flexibility index (Phi) is 4.04. The summed E-state index contributed by atoms with van der Waals surface area (Å²) < 4.78 is 0. The monoisotopic (exact) mass is 281 g/mol. The van der Waals surface area contributed by atoms with Crippen molar-refractivity contribution in [2.75, 3.05) is 25.5 Å². The van der Waals surface area contributed by atoms with Crippen molar-refractivity contribution in [2.24, 2.45) is 5.41 Å². The first-order valence-electron chi connectivity index (χ1n) is 6.03. The lowest BCUT2D eigenvalue weighted by Crippen LogP contribution is -2.29. The first-order chi connectivity index (χ1) is 7.74. The van der Waals surface area contributed by atoms with E-state index in [1.165, 1.54) is 31.5 Å². The van der Waals surface area contributed by atoms with Crippen LogP contribution in [0, 0.1) is 5.41 Å². The number of likely N-dealkylation sites (N-methyl/N-ethyl adjacent to an activating group) is 1. The molecule has 0 bridgehead atoms. The van der Waals surface area contributed by atoms with Crippen molar-refractivity contribution in [1.82, 2.24) is 4.90 Å². The van der Waals surface area contributed by atoms with Gasteiger partial charge in [-0.05, 0) is 37.3 Å². The maximum Gasteiger partial charge on any atom is 0.0100 e. The molecule has 1 fully saturated rings. The van der Waals surface area contributed by atoms with Crippen LogP contribution in [0.2, 0.25) is 0 Å². The van der Waals surface area contributed by atoms with E-state index in [0.717, 1.165) is 11.8 Å². The Hall–Kier alpha value is -0.340. The summed E-state index contributed by atoms with van der Waals surface area (Å²) in [6.45, 7) is 2.41. The van der Waals surface area contributed by atoms with Gasteiger partial charge in [0.15, 0.2) is 0 Å². The number of hydrogen-bond donors (Lipinski definition) is 0. The number of hydrogen-bond acceptors (Lipinski definition) is 1. The first-order valence-corrected chi connectivity index (χ1v) is 7.15. The highest BCUT2D eigenvalue weighted by Gasteiger charge is 2.41. The summed E-state index contributed by atoms with van der Waals surface area (Å²) in [5.41, 5.74) is 2.05. The van der Waals surface area contributed by atoms with Crippen LogP contribution >= 0.6 is 15.9 Å². The van der Waals surface area contributed by atoms with Gasteiger partial charge in [0.1, 0.15) is 0 Å². The van der Waals surface area contributed by atoms with Crippen molar-refractivity contribution in [3.05, 3.63) is 35.9 Å². The van der Waals surface area contributed by atoms with E-state index in [-0.39, 0.29) is 0 Å². The smallest absolute Gasteiger partial charge is 0.0100 e. The largest absolute Gasteiger partial charge is 0.305 e. The van der Waals surface area contributed by atoms with Crippen molar-refractivity contribution in [3.8, 4) is 0 Å².